The normalized spacial score (nSPS) is 20.8. The van der Waals surface area contributed by atoms with Gasteiger partial charge in [0, 0.05) is 10.9 Å². The fourth-order valence-electron chi connectivity index (χ4n) is 3.31. The molecule has 3 heterocycles. The number of aliphatic hydroxyl groups excluding tert-OH is 1. The van der Waals surface area contributed by atoms with Crippen LogP contribution in [0.25, 0.3) is 0 Å². The van der Waals surface area contributed by atoms with Crippen LogP contribution in [0.5, 0.6) is 0 Å². The van der Waals surface area contributed by atoms with Crippen molar-refractivity contribution in [2.24, 2.45) is 0 Å². The van der Waals surface area contributed by atoms with Crippen LogP contribution >= 0.6 is 11.3 Å². The van der Waals surface area contributed by atoms with E-state index in [9.17, 15) is 9.90 Å². The van der Waals surface area contributed by atoms with Gasteiger partial charge in [-0.2, -0.15) is 0 Å². The summed E-state index contributed by atoms with van der Waals surface area (Å²) >= 11 is 1.65. The van der Waals surface area contributed by atoms with E-state index in [2.05, 4.69) is 10.2 Å². The van der Waals surface area contributed by atoms with E-state index in [0.717, 1.165) is 24.3 Å². The third-order valence-corrected chi connectivity index (χ3v) is 5.62. The van der Waals surface area contributed by atoms with Crippen molar-refractivity contribution in [3.05, 3.63) is 46.5 Å². The molecule has 0 saturated carbocycles. The highest BCUT2D eigenvalue weighted by atomic mass is 32.1. The molecule has 1 fully saturated rings. The van der Waals surface area contributed by atoms with E-state index in [-0.39, 0.29) is 18.0 Å². The van der Waals surface area contributed by atoms with Gasteiger partial charge in [-0.05, 0) is 56.3 Å². The Bertz CT molecular complexity index is 627. The summed E-state index contributed by atoms with van der Waals surface area (Å²) in [5.41, 5.74) is 0. The first-order valence-electron chi connectivity index (χ1n) is 8.41. The molecule has 6 heteroatoms. The molecule has 130 valence electrons. The van der Waals surface area contributed by atoms with E-state index >= 15 is 0 Å². The lowest BCUT2D eigenvalue weighted by Crippen LogP contribution is -2.41. The molecule has 2 aromatic rings. The van der Waals surface area contributed by atoms with Crippen molar-refractivity contribution in [2.75, 3.05) is 13.1 Å². The number of thiophene rings is 1. The predicted molar refractivity (Wildman–Crippen MR) is 93.8 cm³/mol. The highest BCUT2D eigenvalue weighted by Gasteiger charge is 2.29. The Balaban J connectivity index is 1.51. The smallest absolute Gasteiger partial charge is 0.234 e. The predicted octanol–water partition coefficient (Wildman–Crippen LogP) is 3.11. The maximum absolute atomic E-state index is 12.3. The van der Waals surface area contributed by atoms with Crippen LogP contribution in [0.4, 0.5) is 0 Å². The number of hydrogen-bond donors (Lipinski definition) is 2. The summed E-state index contributed by atoms with van der Waals surface area (Å²) in [6.45, 7) is 3.29. The average Bonchev–Trinajstić information content (AvgIpc) is 3.30. The summed E-state index contributed by atoms with van der Waals surface area (Å²) in [5, 5.41) is 15.4. The van der Waals surface area contributed by atoms with E-state index in [1.807, 2.05) is 24.4 Å². The minimum Gasteiger partial charge on any atom is -0.467 e. The second-order valence-corrected chi connectivity index (χ2v) is 7.32. The highest BCUT2D eigenvalue weighted by Crippen LogP contribution is 2.27. The van der Waals surface area contributed by atoms with E-state index < -0.39 is 6.10 Å². The molecule has 0 aliphatic carbocycles. The minimum absolute atomic E-state index is 0.0345. The van der Waals surface area contributed by atoms with Crippen LogP contribution in [0.3, 0.4) is 0 Å². The average molecular weight is 348 g/mol. The first-order valence-corrected chi connectivity index (χ1v) is 9.29. The van der Waals surface area contributed by atoms with E-state index in [1.54, 1.807) is 29.7 Å². The third kappa shape index (κ3) is 4.26. The summed E-state index contributed by atoms with van der Waals surface area (Å²) in [7, 11) is 0. The summed E-state index contributed by atoms with van der Waals surface area (Å²) in [5.74, 6) is 0.632. The Morgan fingerprint density at radius 1 is 1.50 bits per heavy atom. The minimum atomic E-state index is -0.612. The highest BCUT2D eigenvalue weighted by molar-refractivity contribution is 7.10. The van der Waals surface area contributed by atoms with Gasteiger partial charge in [0.25, 0.3) is 0 Å². The Morgan fingerprint density at radius 2 is 2.38 bits per heavy atom. The summed E-state index contributed by atoms with van der Waals surface area (Å²) in [6.07, 6.45) is 3.62. The van der Waals surface area contributed by atoms with Gasteiger partial charge < -0.3 is 14.8 Å². The molecular weight excluding hydrogens is 324 g/mol. The van der Waals surface area contributed by atoms with Crippen molar-refractivity contribution in [1.82, 2.24) is 10.2 Å². The van der Waals surface area contributed by atoms with Crippen LogP contribution < -0.4 is 5.32 Å². The molecule has 0 spiro atoms. The van der Waals surface area contributed by atoms with Gasteiger partial charge in [0.15, 0.2) is 0 Å². The first kappa shape index (κ1) is 17.2. The van der Waals surface area contributed by atoms with Crippen molar-refractivity contribution in [3.8, 4) is 0 Å². The zero-order chi connectivity index (χ0) is 16.9. The lowest BCUT2D eigenvalue weighted by molar-refractivity contribution is -0.123. The molecule has 3 atom stereocenters. The molecule has 3 rings (SSSR count). The van der Waals surface area contributed by atoms with Gasteiger partial charge in [0.2, 0.25) is 5.91 Å². The number of carbonyl (C=O) groups is 1. The van der Waals surface area contributed by atoms with Crippen molar-refractivity contribution in [1.29, 1.82) is 0 Å². The van der Waals surface area contributed by atoms with Gasteiger partial charge >= 0.3 is 0 Å². The topological polar surface area (TPSA) is 65.7 Å². The largest absolute Gasteiger partial charge is 0.467 e. The Kier molecular flexibility index (Phi) is 5.71. The number of furan rings is 1. The molecule has 2 N–H and O–H groups in total. The van der Waals surface area contributed by atoms with E-state index in [1.165, 1.54) is 0 Å². The summed E-state index contributed by atoms with van der Waals surface area (Å²) in [4.78, 5) is 15.7. The summed E-state index contributed by atoms with van der Waals surface area (Å²) < 4.78 is 5.27. The van der Waals surface area contributed by atoms with E-state index in [0.29, 0.717) is 18.7 Å². The number of amides is 1. The third-order valence-electron chi connectivity index (χ3n) is 4.56. The van der Waals surface area contributed by atoms with E-state index in [4.69, 9.17) is 4.42 Å². The maximum Gasteiger partial charge on any atom is 0.234 e. The van der Waals surface area contributed by atoms with Crippen LogP contribution in [-0.2, 0) is 4.79 Å². The number of nitrogens with one attached hydrogen (secondary N) is 1. The summed E-state index contributed by atoms with van der Waals surface area (Å²) in [6, 6.07) is 7.85. The van der Waals surface area contributed by atoms with Crippen molar-refractivity contribution >= 4 is 17.2 Å². The molecule has 0 bridgehead atoms. The second-order valence-electron chi connectivity index (χ2n) is 6.34. The molecule has 1 saturated heterocycles. The molecule has 1 amide bonds. The van der Waals surface area contributed by atoms with Crippen LogP contribution in [0, 0.1) is 0 Å². The molecule has 0 aromatic carbocycles. The van der Waals surface area contributed by atoms with Gasteiger partial charge in [-0.3, -0.25) is 9.69 Å². The Labute approximate surface area is 146 Å². The van der Waals surface area contributed by atoms with Crippen molar-refractivity contribution in [2.45, 2.75) is 44.4 Å². The molecule has 5 nitrogen and oxygen atoms in total. The van der Waals surface area contributed by atoms with Crippen LogP contribution in [0.15, 0.2) is 40.3 Å². The first-order chi connectivity index (χ1) is 11.6. The standard InChI is InChI=1S/C18H24N2O3S/c1-13(17-7-4-10-24-17)19-18(22)12-20-8-2-5-14(20)11-15(21)16-6-3-9-23-16/h3-4,6-7,9-10,13-15,21H,2,5,8,11-12H2,1H3,(H,19,22). The Hall–Kier alpha value is -1.63. The van der Waals surface area contributed by atoms with Crippen LogP contribution in [-0.4, -0.2) is 35.0 Å². The van der Waals surface area contributed by atoms with Gasteiger partial charge in [0.05, 0.1) is 18.8 Å². The van der Waals surface area contributed by atoms with Gasteiger partial charge in [-0.1, -0.05) is 6.07 Å². The SMILES string of the molecule is CC(NC(=O)CN1CCCC1CC(O)c1ccco1)c1cccs1. The number of aliphatic hydroxyl groups is 1. The van der Waals surface area contributed by atoms with Crippen molar-refractivity contribution in [3.63, 3.8) is 0 Å². The zero-order valence-electron chi connectivity index (χ0n) is 13.9. The molecule has 24 heavy (non-hydrogen) atoms. The molecule has 0 radical (unpaired) electrons. The molecule has 3 unspecified atom stereocenters. The fraction of sp³-hybridized carbons (Fsp3) is 0.500. The van der Waals surface area contributed by atoms with Gasteiger partial charge in [0.1, 0.15) is 11.9 Å². The number of nitrogens with zero attached hydrogens (tertiary/aromatic N) is 1. The molecule has 1 aliphatic rings. The molecular formula is C18H24N2O3S. The van der Waals surface area contributed by atoms with Crippen LogP contribution in [0.2, 0.25) is 0 Å². The number of carbonyl (C=O) groups excluding carboxylic acids is 1. The van der Waals surface area contributed by atoms with Crippen LogP contribution in [0.1, 0.15) is 49.0 Å². The zero-order valence-corrected chi connectivity index (χ0v) is 14.7. The fourth-order valence-corrected chi connectivity index (χ4v) is 4.04. The lowest BCUT2D eigenvalue weighted by Gasteiger charge is -2.26. The monoisotopic (exact) mass is 348 g/mol. The number of hydrogen-bond acceptors (Lipinski definition) is 5. The Morgan fingerprint density at radius 3 is 3.08 bits per heavy atom. The quantitative estimate of drug-likeness (QED) is 0.807. The molecule has 2 aromatic heterocycles. The second kappa shape index (κ2) is 7.96. The van der Waals surface area contributed by atoms with Gasteiger partial charge in [-0.15, -0.1) is 11.3 Å². The lowest BCUT2D eigenvalue weighted by atomic mass is 10.1. The van der Waals surface area contributed by atoms with Crippen molar-refractivity contribution < 1.29 is 14.3 Å². The van der Waals surface area contributed by atoms with Gasteiger partial charge in [-0.25, -0.2) is 0 Å². The molecule has 1 aliphatic heterocycles. The number of likely N-dealkylation sites (tertiary alicyclic amines) is 1. The maximum atomic E-state index is 12.3. The number of rotatable bonds is 7.